The predicted molar refractivity (Wildman–Crippen MR) is 79.9 cm³/mol. The molecule has 114 valence electrons. The number of rotatable bonds is 7. The molecule has 0 fully saturated rings. The van der Waals surface area contributed by atoms with E-state index in [2.05, 4.69) is 15.5 Å². The van der Waals surface area contributed by atoms with Gasteiger partial charge in [0.05, 0.1) is 18.9 Å². The molecular weight excluding hydrogens is 270 g/mol. The van der Waals surface area contributed by atoms with Crippen molar-refractivity contribution in [2.24, 2.45) is 0 Å². The van der Waals surface area contributed by atoms with Crippen molar-refractivity contribution in [1.82, 2.24) is 20.2 Å². The Morgan fingerprint density at radius 1 is 1.33 bits per heavy atom. The van der Waals surface area contributed by atoms with Gasteiger partial charge >= 0.3 is 0 Å². The minimum absolute atomic E-state index is 0.236. The summed E-state index contributed by atoms with van der Waals surface area (Å²) in [6.45, 7) is 5.41. The lowest BCUT2D eigenvalue weighted by molar-refractivity contribution is 0.0743. The van der Waals surface area contributed by atoms with Crippen LogP contribution in [0.2, 0.25) is 0 Å². The Morgan fingerprint density at radius 2 is 2.14 bits per heavy atom. The van der Waals surface area contributed by atoms with Gasteiger partial charge < -0.3 is 15.2 Å². The molecule has 1 aromatic heterocycles. The summed E-state index contributed by atoms with van der Waals surface area (Å²) >= 11 is 0. The Labute approximate surface area is 124 Å². The van der Waals surface area contributed by atoms with Crippen LogP contribution in [0.4, 0.5) is 5.69 Å². The monoisotopic (exact) mass is 291 g/mol. The second kappa shape index (κ2) is 7.03. The quantitative estimate of drug-likeness (QED) is 0.617. The molecule has 0 unspecified atom stereocenters. The molecule has 0 aliphatic carbocycles. The molecule has 0 atom stereocenters. The summed E-state index contributed by atoms with van der Waals surface area (Å²) in [7, 11) is 1.59. The number of anilines is 1. The van der Waals surface area contributed by atoms with Gasteiger partial charge in [-0.15, -0.1) is 5.10 Å². The highest BCUT2D eigenvalue weighted by molar-refractivity contribution is 5.66. The first-order valence-electron chi connectivity index (χ1n) is 6.93. The van der Waals surface area contributed by atoms with Gasteiger partial charge in [0, 0.05) is 18.7 Å². The van der Waals surface area contributed by atoms with Crippen LogP contribution in [-0.2, 0) is 11.3 Å². The van der Waals surface area contributed by atoms with Gasteiger partial charge in [-0.2, -0.15) is 0 Å². The fourth-order valence-corrected chi connectivity index (χ4v) is 1.97. The average Bonchev–Trinajstić information content (AvgIpc) is 2.91. The van der Waals surface area contributed by atoms with Gasteiger partial charge in [-0.3, -0.25) is 0 Å². The summed E-state index contributed by atoms with van der Waals surface area (Å²) in [4.78, 5) is 0. The molecule has 0 bridgehead atoms. The molecule has 0 aliphatic rings. The number of benzene rings is 1. The first-order chi connectivity index (χ1) is 10.1. The normalized spacial score (nSPS) is 11.0. The number of nitrogen functional groups attached to an aromatic ring is 1. The van der Waals surface area contributed by atoms with Crippen LogP contribution in [0.25, 0.3) is 11.4 Å². The van der Waals surface area contributed by atoms with Crippen LogP contribution in [-0.4, -0.2) is 40.0 Å². The largest absolute Gasteiger partial charge is 0.495 e. The number of hydrogen-bond donors (Lipinski definition) is 1. The number of aryl methyl sites for hydroxylation is 1. The summed E-state index contributed by atoms with van der Waals surface area (Å²) in [6, 6.07) is 5.51. The molecule has 0 spiro atoms. The highest BCUT2D eigenvalue weighted by atomic mass is 16.5. The fourth-order valence-electron chi connectivity index (χ4n) is 1.97. The highest BCUT2D eigenvalue weighted by Gasteiger charge is 2.10. The van der Waals surface area contributed by atoms with Gasteiger partial charge in [0.15, 0.2) is 5.82 Å². The third-order valence-corrected chi connectivity index (χ3v) is 2.99. The van der Waals surface area contributed by atoms with E-state index >= 15 is 0 Å². The van der Waals surface area contributed by atoms with Crippen molar-refractivity contribution in [3.8, 4) is 17.1 Å². The molecule has 7 heteroatoms. The highest BCUT2D eigenvalue weighted by Crippen LogP contribution is 2.26. The van der Waals surface area contributed by atoms with Gasteiger partial charge in [-0.25, -0.2) is 4.68 Å². The fraction of sp³-hybridized carbons (Fsp3) is 0.500. The number of methoxy groups -OCH3 is 1. The van der Waals surface area contributed by atoms with Crippen LogP contribution in [0, 0.1) is 0 Å². The number of tetrazole rings is 1. The Kier molecular flexibility index (Phi) is 5.10. The minimum atomic E-state index is 0.236. The van der Waals surface area contributed by atoms with E-state index < -0.39 is 0 Å². The first kappa shape index (κ1) is 15.2. The van der Waals surface area contributed by atoms with Crippen molar-refractivity contribution in [3.05, 3.63) is 18.2 Å². The number of hydrogen-bond acceptors (Lipinski definition) is 6. The first-order valence-corrected chi connectivity index (χ1v) is 6.93. The molecular formula is C14H21N5O2. The number of nitrogens with two attached hydrogens (primary N) is 1. The van der Waals surface area contributed by atoms with Gasteiger partial charge in [0.2, 0.25) is 0 Å². The molecule has 7 nitrogen and oxygen atoms in total. The Balaban J connectivity index is 2.07. The van der Waals surface area contributed by atoms with E-state index in [0.717, 1.165) is 12.0 Å². The maximum atomic E-state index is 5.92. The number of aromatic nitrogens is 4. The molecule has 0 amide bonds. The smallest absolute Gasteiger partial charge is 0.182 e. The van der Waals surface area contributed by atoms with Gasteiger partial charge in [-0.1, -0.05) is 0 Å². The van der Waals surface area contributed by atoms with Crippen molar-refractivity contribution in [1.29, 1.82) is 0 Å². The lowest BCUT2D eigenvalue weighted by Crippen LogP contribution is -2.09. The number of ether oxygens (including phenoxy) is 2. The summed E-state index contributed by atoms with van der Waals surface area (Å²) in [5.74, 6) is 1.33. The standard InChI is InChI=1S/C14H21N5O2/c1-10(2)21-8-4-7-19-14(16-17-18-19)11-5-6-13(20-3)12(15)9-11/h5-6,9-10H,4,7-8,15H2,1-3H3. The molecule has 2 aromatic rings. The molecule has 0 saturated heterocycles. The molecule has 21 heavy (non-hydrogen) atoms. The summed E-state index contributed by atoms with van der Waals surface area (Å²) in [6.07, 6.45) is 1.08. The zero-order valence-corrected chi connectivity index (χ0v) is 12.6. The zero-order chi connectivity index (χ0) is 15.2. The molecule has 2 N–H and O–H groups in total. The second-order valence-electron chi connectivity index (χ2n) is 4.96. The molecule has 0 radical (unpaired) electrons. The van der Waals surface area contributed by atoms with Crippen LogP contribution in [0.5, 0.6) is 5.75 Å². The lowest BCUT2D eigenvalue weighted by atomic mass is 10.2. The molecule has 2 rings (SSSR count). The summed E-state index contributed by atoms with van der Waals surface area (Å²) in [5, 5.41) is 11.8. The Morgan fingerprint density at radius 3 is 2.81 bits per heavy atom. The molecule has 0 saturated carbocycles. The van der Waals surface area contributed by atoms with Crippen LogP contribution in [0.3, 0.4) is 0 Å². The van der Waals surface area contributed by atoms with E-state index in [4.69, 9.17) is 15.2 Å². The van der Waals surface area contributed by atoms with E-state index in [1.165, 1.54) is 0 Å². The van der Waals surface area contributed by atoms with Gasteiger partial charge in [0.25, 0.3) is 0 Å². The van der Waals surface area contributed by atoms with E-state index in [1.54, 1.807) is 11.8 Å². The average molecular weight is 291 g/mol. The Bertz CT molecular complexity index is 582. The third-order valence-electron chi connectivity index (χ3n) is 2.99. The van der Waals surface area contributed by atoms with Crippen molar-refractivity contribution >= 4 is 5.69 Å². The van der Waals surface area contributed by atoms with Crippen molar-refractivity contribution in [2.75, 3.05) is 19.5 Å². The van der Waals surface area contributed by atoms with Crippen LogP contribution in [0.1, 0.15) is 20.3 Å². The maximum Gasteiger partial charge on any atom is 0.182 e. The van der Waals surface area contributed by atoms with E-state index in [0.29, 0.717) is 30.4 Å². The predicted octanol–water partition coefficient (Wildman–Crippen LogP) is 1.75. The maximum absolute atomic E-state index is 5.92. The third kappa shape index (κ3) is 3.91. The molecule has 0 aliphatic heterocycles. The second-order valence-corrected chi connectivity index (χ2v) is 4.96. The van der Waals surface area contributed by atoms with Crippen LogP contribution in [0.15, 0.2) is 18.2 Å². The SMILES string of the molecule is COc1ccc(-c2nnnn2CCCOC(C)C)cc1N. The lowest BCUT2D eigenvalue weighted by Gasteiger charge is -2.09. The van der Waals surface area contributed by atoms with E-state index in [1.807, 2.05) is 32.0 Å². The van der Waals surface area contributed by atoms with Crippen LogP contribution < -0.4 is 10.5 Å². The molecule has 1 heterocycles. The topological polar surface area (TPSA) is 88.1 Å². The van der Waals surface area contributed by atoms with Crippen molar-refractivity contribution in [2.45, 2.75) is 32.9 Å². The van der Waals surface area contributed by atoms with E-state index in [-0.39, 0.29) is 6.10 Å². The van der Waals surface area contributed by atoms with Crippen molar-refractivity contribution < 1.29 is 9.47 Å². The van der Waals surface area contributed by atoms with E-state index in [9.17, 15) is 0 Å². The van der Waals surface area contributed by atoms with Crippen molar-refractivity contribution in [3.63, 3.8) is 0 Å². The summed E-state index contributed by atoms with van der Waals surface area (Å²) in [5.41, 5.74) is 7.35. The Hall–Kier alpha value is -2.15. The zero-order valence-electron chi connectivity index (χ0n) is 12.6. The molecule has 1 aromatic carbocycles. The summed E-state index contributed by atoms with van der Waals surface area (Å²) < 4.78 is 12.4. The van der Waals surface area contributed by atoms with Gasteiger partial charge in [0.1, 0.15) is 5.75 Å². The van der Waals surface area contributed by atoms with Gasteiger partial charge in [-0.05, 0) is 48.9 Å². The minimum Gasteiger partial charge on any atom is -0.495 e. The van der Waals surface area contributed by atoms with Crippen LogP contribution >= 0.6 is 0 Å². The number of nitrogens with zero attached hydrogens (tertiary/aromatic N) is 4.